The van der Waals surface area contributed by atoms with Crippen molar-refractivity contribution in [3.8, 4) is 0 Å². The van der Waals surface area contributed by atoms with Gasteiger partial charge in [0.2, 0.25) is 0 Å². The molecule has 1 saturated carbocycles. The topological polar surface area (TPSA) is 451 Å². The maximum atomic E-state index is 11.1. The van der Waals surface area contributed by atoms with Crippen LogP contribution in [0.5, 0.6) is 0 Å². The minimum absolute atomic E-state index is 0.0144. The summed E-state index contributed by atoms with van der Waals surface area (Å²) in [6, 6.07) is 0. The maximum absolute atomic E-state index is 11.1. The van der Waals surface area contributed by atoms with Crippen molar-refractivity contribution in [2.45, 2.75) is 291 Å². The van der Waals surface area contributed by atoms with E-state index in [2.05, 4.69) is 35.8 Å². The quantitative estimate of drug-likeness (QED) is 0.0899. The number of methoxy groups -OCH3 is 1. The molecule has 11 fully saturated rings. The fraction of sp³-hybridized carbons (Fsp3) is 0.797. The van der Waals surface area contributed by atoms with E-state index in [0.717, 1.165) is 12.7 Å². The summed E-state index contributed by atoms with van der Waals surface area (Å²) >= 11 is 0. The van der Waals surface area contributed by atoms with Crippen LogP contribution >= 0.6 is 0 Å². The zero-order valence-electron chi connectivity index (χ0n) is 57.1. The zero-order chi connectivity index (χ0) is 72.8. The molecular formula is C64H106O32. The Morgan fingerprint density at radius 2 is 0.917 bits per heavy atom. The lowest BCUT2D eigenvalue weighted by Gasteiger charge is -2.22. The molecule has 32 nitrogen and oxygen atoms in total. The highest BCUT2D eigenvalue weighted by atomic mass is 16.8. The number of carbonyl (C=O) groups is 3. The van der Waals surface area contributed by atoms with Crippen LogP contribution in [0.4, 0.5) is 0 Å². The summed E-state index contributed by atoms with van der Waals surface area (Å²) in [5, 5.41) is 107. The Bertz CT molecular complexity index is 2410. The van der Waals surface area contributed by atoms with Gasteiger partial charge in [-0.25, -0.2) is 0 Å². The maximum Gasteiger partial charge on any atom is 0.187 e. The average Bonchev–Trinajstić information content (AvgIpc) is 1.63. The predicted octanol–water partition coefficient (Wildman–Crippen LogP) is -1.24. The molecule has 0 aromatic rings. The molecule has 10 heterocycles. The van der Waals surface area contributed by atoms with Gasteiger partial charge in [0.15, 0.2) is 83.8 Å². The molecule has 12 N–H and O–H groups in total. The minimum atomic E-state index is -1.38. The van der Waals surface area contributed by atoms with Gasteiger partial charge in [-0.3, -0.25) is 9.59 Å². The van der Waals surface area contributed by atoms with Crippen LogP contribution in [0, 0.1) is 0 Å². The summed E-state index contributed by atoms with van der Waals surface area (Å²) < 4.78 is 90.0. The fourth-order valence-electron chi connectivity index (χ4n) is 11.2. The molecule has 0 radical (unpaired) electrons. The summed E-state index contributed by atoms with van der Waals surface area (Å²) in [6.07, 6.45) is -4.25. The van der Waals surface area contributed by atoms with Gasteiger partial charge in [-0.05, 0) is 109 Å². The van der Waals surface area contributed by atoms with E-state index in [0.29, 0.717) is 6.42 Å². The highest BCUT2D eigenvalue weighted by Crippen LogP contribution is 2.41. The normalized spacial score (nSPS) is 41.1. The van der Waals surface area contributed by atoms with Crippen LogP contribution in [0.15, 0.2) is 62.8 Å². The summed E-state index contributed by atoms with van der Waals surface area (Å²) in [6.45, 7) is 36.5. The Balaban J connectivity index is 0.000000232. The summed E-state index contributed by atoms with van der Waals surface area (Å²) in [7, 11) is 1.55. The van der Waals surface area contributed by atoms with Crippen molar-refractivity contribution in [1.82, 2.24) is 0 Å². The molecule has 25 atom stereocenters. The van der Waals surface area contributed by atoms with E-state index < -0.39 is 140 Å². The van der Waals surface area contributed by atoms with Gasteiger partial charge in [0.25, 0.3) is 0 Å². The molecular weight excluding hydrogens is 1280 g/mol. The van der Waals surface area contributed by atoms with Gasteiger partial charge in [0, 0.05) is 13.5 Å². The van der Waals surface area contributed by atoms with E-state index in [4.69, 9.17) is 122 Å². The SMILES string of the molecule is C=CC.C=CC(O)[C@H]1OC(C)(C)OC1C=C.C=CC1OC(C)(C)O[C@@H]1C=O.CC1(C)OC2C=CC(=O)[C@H]2O1.CC1(C)OC2[C@H](O)O[C@H](CO)[C@@H]2O1.CC1(C)O[C@@H]2CCC(=O)[C@@H]2O1.CO[C@@H]1O[C@H](CO)[C@@H]2OC(C)(C)OC12.OC[C@H]1O[C@@H](O)C(O)[C@H]1O.OC[C@H]1O[C@@H](O)C(O)[C@H]1O. The predicted molar refractivity (Wildman–Crippen MR) is 331 cm³/mol. The third kappa shape index (κ3) is 23.3. The summed E-state index contributed by atoms with van der Waals surface area (Å²) in [5.41, 5.74) is 0. The Morgan fingerprint density at radius 3 is 1.33 bits per heavy atom. The first-order valence-corrected chi connectivity index (χ1v) is 31.4. The number of Topliss-reactive ketones (excluding diaryl/α,β-unsaturated/α-hetero) is 1. The number of hydrogen-bond acceptors (Lipinski definition) is 32. The van der Waals surface area contributed by atoms with Crippen LogP contribution < -0.4 is 0 Å². The number of hydrogen-bond donors (Lipinski definition) is 12. The lowest BCUT2D eigenvalue weighted by atomic mass is 10.1. The minimum Gasteiger partial charge on any atom is -0.394 e. The smallest absolute Gasteiger partial charge is 0.187 e. The lowest BCUT2D eigenvalue weighted by Crippen LogP contribution is -2.33. The van der Waals surface area contributed by atoms with Crippen LogP contribution in [0.3, 0.4) is 0 Å². The molecule has 0 bridgehead atoms. The molecule has 32 heteroatoms. The Kier molecular flexibility index (Phi) is 32.2. The van der Waals surface area contributed by atoms with Gasteiger partial charge < -0.3 is 147 Å². The van der Waals surface area contributed by atoms with Gasteiger partial charge in [-0.1, -0.05) is 24.3 Å². The van der Waals surface area contributed by atoms with Gasteiger partial charge in [-0.2, -0.15) is 0 Å². The number of aldehydes is 1. The lowest BCUT2D eigenvalue weighted by molar-refractivity contribution is -0.230. The molecule has 12 aliphatic rings. The number of ether oxygens (including phenoxy) is 17. The van der Waals surface area contributed by atoms with Gasteiger partial charge in [0.05, 0.1) is 32.5 Å². The second-order valence-corrected chi connectivity index (χ2v) is 26.0. The molecule has 0 spiro atoms. The number of ketones is 2. The highest BCUT2D eigenvalue weighted by molar-refractivity contribution is 5.97. The second kappa shape index (κ2) is 36.4. The van der Waals surface area contributed by atoms with Gasteiger partial charge in [0.1, 0.15) is 116 Å². The highest BCUT2D eigenvalue weighted by Gasteiger charge is 2.57. The third-order valence-corrected chi connectivity index (χ3v) is 15.4. The van der Waals surface area contributed by atoms with E-state index >= 15 is 0 Å². The van der Waals surface area contributed by atoms with Crippen molar-refractivity contribution in [2.75, 3.05) is 33.5 Å². The van der Waals surface area contributed by atoms with Crippen molar-refractivity contribution in [3.63, 3.8) is 0 Å². The first kappa shape index (κ1) is 85.0. The molecule has 10 saturated heterocycles. The number of aliphatic hydroxyl groups is 12. The summed E-state index contributed by atoms with van der Waals surface area (Å²) in [4.78, 5) is 32.6. The van der Waals surface area contributed by atoms with Crippen LogP contribution in [0.2, 0.25) is 0 Å². The second-order valence-electron chi connectivity index (χ2n) is 26.0. The Morgan fingerprint density at radius 1 is 0.510 bits per heavy atom. The van der Waals surface area contributed by atoms with Crippen LogP contribution in [0.1, 0.15) is 103 Å². The van der Waals surface area contributed by atoms with Crippen LogP contribution in [0.25, 0.3) is 0 Å². The van der Waals surface area contributed by atoms with Crippen molar-refractivity contribution < 1.29 is 156 Å². The first-order chi connectivity index (χ1) is 44.6. The van der Waals surface area contributed by atoms with Crippen molar-refractivity contribution >= 4 is 17.9 Å². The standard InChI is InChI=1S/C10H16O3.C9H16O5.C8H14O5.C8H12O3.C8H10O3.C8H12O3.2C5H10O5.C3H6/c1-5-7(11)9-8(6-2)12-10(3,4)13-9;1-9(2)13-6-5(4-10)12-8(11-3)7(6)14-9;1-8(2)12-5-4(3-9)11-7(10)6(5)13-8;2*1-8(2)10-6-4-3-5(9)7(6)11-8;1-4-6-7(5-9)11-8(2,3)10-6;2*6-1-2-3(7)4(8)5(9)10-2;1-3-2/h5-9,11H,1-2H2,3-4H3;5-8,10H,4H2,1-3H3;4-7,9-10H,3H2,1-2H3;6-7H,3-4H2,1-2H3;3-4,6-7H,1-2H3;4-7H,1H2,2-3H3;2*2-9H,1H2;3H,1H2,2H3/t7?,8?,9-;5-,6+,7?,8-;4-,5+,6?,7-;6-,7+;2*6?,7-;2*2-,3+,4?,5-;/m11111111./s1. The number of aliphatic hydroxyl groups excluding tert-OH is 12. The van der Waals surface area contributed by atoms with E-state index in [1.165, 1.54) is 12.2 Å². The molecule has 8 unspecified atom stereocenters. The van der Waals surface area contributed by atoms with Crippen molar-refractivity contribution in [2.24, 2.45) is 0 Å². The molecule has 0 amide bonds. The van der Waals surface area contributed by atoms with Crippen LogP contribution in [-0.2, 0) is 94.9 Å². The van der Waals surface area contributed by atoms with E-state index in [9.17, 15) is 24.6 Å². The average molecular weight is 1390 g/mol. The molecule has 12 rings (SSSR count). The Labute approximate surface area is 559 Å². The molecule has 0 aromatic heterocycles. The van der Waals surface area contributed by atoms with E-state index in [1.54, 1.807) is 73.0 Å². The van der Waals surface area contributed by atoms with Crippen molar-refractivity contribution in [1.29, 1.82) is 0 Å². The first-order valence-electron chi connectivity index (χ1n) is 31.4. The molecule has 554 valence electrons. The van der Waals surface area contributed by atoms with Crippen LogP contribution in [-0.4, -0.2) is 301 Å². The van der Waals surface area contributed by atoms with Crippen molar-refractivity contribution in [3.05, 3.63) is 62.8 Å². The van der Waals surface area contributed by atoms with E-state index in [-0.39, 0.29) is 85.8 Å². The van der Waals surface area contributed by atoms with Gasteiger partial charge in [-0.15, -0.1) is 26.3 Å². The number of allylic oxidation sites excluding steroid dienone is 1. The number of rotatable bonds is 10. The Hall–Kier alpha value is -3.45. The molecule has 0 aromatic carbocycles. The molecule has 10 aliphatic heterocycles. The number of fused-ring (bicyclic) bond motifs is 4. The van der Waals surface area contributed by atoms with E-state index in [1.807, 2.05) is 48.5 Å². The molecule has 2 aliphatic carbocycles. The summed E-state index contributed by atoms with van der Waals surface area (Å²) in [5.74, 6) is -3.59. The monoisotopic (exact) mass is 1390 g/mol. The molecule has 96 heavy (non-hydrogen) atoms. The third-order valence-electron chi connectivity index (χ3n) is 15.4. The number of carbonyl (C=O) groups excluding carboxylic acids is 3. The van der Waals surface area contributed by atoms with Gasteiger partial charge >= 0.3 is 0 Å². The zero-order valence-corrected chi connectivity index (χ0v) is 57.1. The fourth-order valence-corrected chi connectivity index (χ4v) is 11.2. The largest absolute Gasteiger partial charge is 0.394 e.